The Morgan fingerprint density at radius 2 is 1.87 bits per heavy atom. The van der Waals surface area contributed by atoms with Gasteiger partial charge >= 0.3 is 0 Å². The average Bonchev–Trinajstić information content (AvgIpc) is 2.51. The van der Waals surface area contributed by atoms with E-state index < -0.39 is 10.0 Å². The fourth-order valence-electron chi connectivity index (χ4n) is 2.05. The van der Waals surface area contributed by atoms with E-state index in [1.54, 1.807) is 30.5 Å². The van der Waals surface area contributed by atoms with E-state index in [1.165, 1.54) is 0 Å². The summed E-state index contributed by atoms with van der Waals surface area (Å²) in [4.78, 5) is 4.40. The van der Waals surface area contributed by atoms with Gasteiger partial charge in [-0.25, -0.2) is 13.4 Å². The van der Waals surface area contributed by atoms with Crippen LogP contribution in [-0.4, -0.2) is 19.9 Å². The van der Waals surface area contributed by atoms with E-state index in [4.69, 9.17) is 0 Å². The minimum atomic E-state index is -3.62. The molecule has 23 heavy (non-hydrogen) atoms. The maximum atomic E-state index is 12.4. The molecule has 1 heterocycles. The van der Waals surface area contributed by atoms with Gasteiger partial charge in [-0.1, -0.05) is 19.4 Å². The lowest BCUT2D eigenvalue weighted by molar-refractivity contribution is 0.601. The van der Waals surface area contributed by atoms with Crippen molar-refractivity contribution in [2.45, 2.75) is 38.5 Å². The molecule has 6 heteroatoms. The van der Waals surface area contributed by atoms with Crippen molar-refractivity contribution in [1.82, 2.24) is 4.98 Å². The molecule has 1 aromatic heterocycles. The van der Waals surface area contributed by atoms with Crippen LogP contribution in [0.1, 0.15) is 30.9 Å². The Balaban J connectivity index is 2.09. The molecule has 124 valence electrons. The molecule has 0 amide bonds. The summed E-state index contributed by atoms with van der Waals surface area (Å²) in [7, 11) is -3.62. The molecular weight excluding hydrogens is 310 g/mol. The third-order valence-electron chi connectivity index (χ3n) is 3.65. The molecule has 0 saturated carbocycles. The van der Waals surface area contributed by atoms with E-state index in [0.717, 1.165) is 36.2 Å². The Morgan fingerprint density at radius 3 is 2.48 bits per heavy atom. The van der Waals surface area contributed by atoms with Gasteiger partial charge in [-0.3, -0.25) is 4.72 Å². The van der Waals surface area contributed by atoms with Crippen molar-refractivity contribution in [3.05, 3.63) is 47.7 Å². The SMILES string of the molecule is CCCCNc1ccc(NS(=O)(=O)c2ccc(C)c(C)c2)nc1. The minimum absolute atomic E-state index is 0.243. The number of unbranched alkanes of at least 4 members (excludes halogenated alkanes) is 1. The highest BCUT2D eigenvalue weighted by Crippen LogP contribution is 2.18. The van der Waals surface area contributed by atoms with Crippen LogP contribution in [0.15, 0.2) is 41.4 Å². The molecule has 0 radical (unpaired) electrons. The first-order valence-corrected chi connectivity index (χ1v) is 9.20. The molecule has 0 unspecified atom stereocenters. The number of aryl methyl sites for hydroxylation is 2. The number of hydrogen-bond acceptors (Lipinski definition) is 4. The van der Waals surface area contributed by atoms with Gasteiger partial charge in [0, 0.05) is 6.54 Å². The number of pyridine rings is 1. The maximum absolute atomic E-state index is 12.4. The first-order valence-electron chi connectivity index (χ1n) is 7.72. The highest BCUT2D eigenvalue weighted by molar-refractivity contribution is 7.92. The van der Waals surface area contributed by atoms with Crippen LogP contribution in [0.4, 0.5) is 11.5 Å². The number of anilines is 2. The molecular formula is C17H23N3O2S. The predicted octanol–water partition coefficient (Wildman–Crippen LogP) is 3.71. The topological polar surface area (TPSA) is 71.1 Å². The lowest BCUT2D eigenvalue weighted by Crippen LogP contribution is -2.14. The highest BCUT2D eigenvalue weighted by atomic mass is 32.2. The van der Waals surface area contributed by atoms with Crippen LogP contribution in [-0.2, 0) is 10.0 Å². The second-order valence-corrected chi connectivity index (χ2v) is 7.25. The van der Waals surface area contributed by atoms with E-state index in [1.807, 2.05) is 19.9 Å². The molecule has 2 rings (SSSR count). The van der Waals surface area contributed by atoms with Crippen LogP contribution < -0.4 is 10.0 Å². The van der Waals surface area contributed by atoms with E-state index in [-0.39, 0.29) is 4.90 Å². The molecule has 2 aromatic rings. The fourth-order valence-corrected chi connectivity index (χ4v) is 3.14. The Labute approximate surface area is 138 Å². The van der Waals surface area contributed by atoms with Crippen LogP contribution >= 0.6 is 0 Å². The largest absolute Gasteiger partial charge is 0.384 e. The van der Waals surface area contributed by atoms with Crippen LogP contribution in [0.2, 0.25) is 0 Å². The normalized spacial score (nSPS) is 11.3. The van der Waals surface area contributed by atoms with Crippen molar-refractivity contribution in [2.75, 3.05) is 16.6 Å². The number of hydrogen-bond donors (Lipinski definition) is 2. The van der Waals surface area contributed by atoms with Crippen molar-refractivity contribution in [1.29, 1.82) is 0 Å². The van der Waals surface area contributed by atoms with Crippen molar-refractivity contribution in [3.8, 4) is 0 Å². The Hall–Kier alpha value is -2.08. The summed E-state index contributed by atoms with van der Waals surface area (Å²) in [5, 5.41) is 3.24. The van der Waals surface area contributed by atoms with Gasteiger partial charge in [0.2, 0.25) is 0 Å². The van der Waals surface area contributed by atoms with Gasteiger partial charge in [0.05, 0.1) is 16.8 Å². The van der Waals surface area contributed by atoms with Crippen molar-refractivity contribution in [2.24, 2.45) is 0 Å². The molecule has 2 N–H and O–H groups in total. The minimum Gasteiger partial charge on any atom is -0.384 e. The highest BCUT2D eigenvalue weighted by Gasteiger charge is 2.15. The fraction of sp³-hybridized carbons (Fsp3) is 0.353. The molecule has 0 aliphatic carbocycles. The lowest BCUT2D eigenvalue weighted by atomic mass is 10.1. The van der Waals surface area contributed by atoms with Crippen molar-refractivity contribution in [3.63, 3.8) is 0 Å². The number of benzene rings is 1. The molecule has 0 atom stereocenters. The molecule has 5 nitrogen and oxygen atoms in total. The van der Waals surface area contributed by atoms with Crippen LogP contribution in [0.3, 0.4) is 0 Å². The summed E-state index contributed by atoms with van der Waals surface area (Å²) in [6.45, 7) is 6.85. The molecule has 0 aliphatic heterocycles. The summed E-state index contributed by atoms with van der Waals surface area (Å²) in [6, 6.07) is 8.55. The standard InChI is InChI=1S/C17H23N3O2S/c1-4-5-10-18-15-7-9-17(19-12-15)20-23(21,22)16-8-6-13(2)14(3)11-16/h6-9,11-12,18H,4-5,10H2,1-3H3,(H,19,20). The molecule has 1 aromatic carbocycles. The number of rotatable bonds is 7. The van der Waals surface area contributed by atoms with E-state index in [9.17, 15) is 8.42 Å². The first-order chi connectivity index (χ1) is 10.9. The second-order valence-electron chi connectivity index (χ2n) is 5.56. The predicted molar refractivity (Wildman–Crippen MR) is 94.4 cm³/mol. The maximum Gasteiger partial charge on any atom is 0.263 e. The summed E-state index contributed by atoms with van der Waals surface area (Å²) >= 11 is 0. The average molecular weight is 333 g/mol. The van der Waals surface area contributed by atoms with Crippen molar-refractivity contribution < 1.29 is 8.42 Å². The Kier molecular flexibility index (Phi) is 5.60. The number of nitrogens with zero attached hydrogens (tertiary/aromatic N) is 1. The van der Waals surface area contributed by atoms with Crippen LogP contribution in [0, 0.1) is 13.8 Å². The zero-order chi connectivity index (χ0) is 16.9. The van der Waals surface area contributed by atoms with Crippen molar-refractivity contribution >= 4 is 21.5 Å². The van der Waals surface area contributed by atoms with Crippen LogP contribution in [0.5, 0.6) is 0 Å². The monoisotopic (exact) mass is 333 g/mol. The quantitative estimate of drug-likeness (QED) is 0.758. The van der Waals surface area contributed by atoms with E-state index in [2.05, 4.69) is 21.9 Å². The molecule has 0 spiro atoms. The summed E-state index contributed by atoms with van der Waals surface area (Å²) < 4.78 is 27.3. The van der Waals surface area contributed by atoms with Gasteiger partial charge < -0.3 is 5.32 Å². The molecule has 0 saturated heterocycles. The van der Waals surface area contributed by atoms with Gasteiger partial charge in [-0.2, -0.15) is 0 Å². The smallest absolute Gasteiger partial charge is 0.263 e. The van der Waals surface area contributed by atoms with E-state index >= 15 is 0 Å². The summed E-state index contributed by atoms with van der Waals surface area (Å²) in [5.41, 5.74) is 2.88. The first kappa shape index (κ1) is 17.3. The third-order valence-corrected chi connectivity index (χ3v) is 5.00. The number of nitrogens with one attached hydrogen (secondary N) is 2. The Morgan fingerprint density at radius 1 is 1.09 bits per heavy atom. The number of sulfonamides is 1. The molecule has 0 bridgehead atoms. The second kappa shape index (κ2) is 7.46. The molecule has 0 fully saturated rings. The lowest BCUT2D eigenvalue weighted by Gasteiger charge is -2.10. The zero-order valence-electron chi connectivity index (χ0n) is 13.8. The summed E-state index contributed by atoms with van der Waals surface area (Å²) in [6.07, 6.45) is 3.84. The van der Waals surface area contributed by atoms with E-state index in [0.29, 0.717) is 5.82 Å². The van der Waals surface area contributed by atoms with Gasteiger partial charge in [-0.15, -0.1) is 0 Å². The number of aromatic nitrogens is 1. The van der Waals surface area contributed by atoms with Crippen LogP contribution in [0.25, 0.3) is 0 Å². The Bertz CT molecular complexity index is 756. The van der Waals surface area contributed by atoms with Gasteiger partial charge in [0.15, 0.2) is 0 Å². The third kappa shape index (κ3) is 4.69. The van der Waals surface area contributed by atoms with Gasteiger partial charge in [0.1, 0.15) is 5.82 Å². The van der Waals surface area contributed by atoms with Gasteiger partial charge in [-0.05, 0) is 55.7 Å². The molecule has 0 aliphatic rings. The summed E-state index contributed by atoms with van der Waals surface area (Å²) in [5.74, 6) is 0.310. The van der Waals surface area contributed by atoms with Gasteiger partial charge in [0.25, 0.3) is 10.0 Å². The zero-order valence-corrected chi connectivity index (χ0v) is 14.6.